The third-order valence-electron chi connectivity index (χ3n) is 7.38. The SMILES string of the molecule is CCOC(=O)c1c(C)cc2c(c1C)c(=O)n(-c1ccccc1Cl)c(=O)n2CC(=O)NCCN1CCN(C(=O)NC)CC1. The summed E-state index contributed by atoms with van der Waals surface area (Å²) in [7, 11) is 1.60. The molecule has 0 bridgehead atoms. The molecule has 0 saturated carbocycles. The van der Waals surface area contributed by atoms with Crippen molar-refractivity contribution in [1.82, 2.24) is 29.6 Å². The molecule has 0 aliphatic carbocycles. The number of nitrogens with one attached hydrogen (secondary N) is 2. The van der Waals surface area contributed by atoms with E-state index in [1.165, 1.54) is 4.57 Å². The number of hydrogen-bond donors (Lipinski definition) is 2. The van der Waals surface area contributed by atoms with Gasteiger partial charge in [-0.05, 0) is 50.1 Å². The number of fused-ring (bicyclic) bond motifs is 1. The average Bonchev–Trinajstić information content (AvgIpc) is 2.96. The average molecular weight is 599 g/mol. The maximum absolute atomic E-state index is 13.8. The van der Waals surface area contributed by atoms with Crippen LogP contribution in [0.5, 0.6) is 0 Å². The van der Waals surface area contributed by atoms with Gasteiger partial charge in [0, 0.05) is 46.3 Å². The summed E-state index contributed by atoms with van der Waals surface area (Å²) in [5, 5.41) is 5.77. The van der Waals surface area contributed by atoms with E-state index in [4.69, 9.17) is 16.3 Å². The lowest BCUT2D eigenvalue weighted by Gasteiger charge is -2.34. The van der Waals surface area contributed by atoms with Crippen LogP contribution in [0.3, 0.4) is 0 Å². The van der Waals surface area contributed by atoms with Crippen LogP contribution in [-0.2, 0) is 16.1 Å². The maximum atomic E-state index is 13.8. The molecular formula is C29H35ClN6O6. The zero-order chi connectivity index (χ0) is 30.6. The molecule has 1 fully saturated rings. The summed E-state index contributed by atoms with van der Waals surface area (Å²) in [5.74, 6) is -0.999. The Balaban J connectivity index is 1.67. The van der Waals surface area contributed by atoms with Gasteiger partial charge in [0.1, 0.15) is 6.54 Å². The molecule has 0 spiro atoms. The molecule has 2 aromatic carbocycles. The summed E-state index contributed by atoms with van der Waals surface area (Å²) in [6, 6.07) is 7.88. The predicted octanol–water partition coefficient (Wildman–Crippen LogP) is 1.67. The van der Waals surface area contributed by atoms with Crippen molar-refractivity contribution < 1.29 is 19.1 Å². The number of aromatic nitrogens is 2. The first-order chi connectivity index (χ1) is 20.1. The molecule has 0 radical (unpaired) electrons. The number of carbonyl (C=O) groups excluding carboxylic acids is 3. The molecular weight excluding hydrogens is 564 g/mol. The van der Waals surface area contributed by atoms with Crippen LogP contribution < -0.4 is 21.9 Å². The van der Waals surface area contributed by atoms with Crippen LogP contribution in [0.4, 0.5) is 4.79 Å². The van der Waals surface area contributed by atoms with Crippen molar-refractivity contribution in [3.05, 3.63) is 72.9 Å². The highest BCUT2D eigenvalue weighted by atomic mass is 35.5. The van der Waals surface area contributed by atoms with Crippen molar-refractivity contribution in [2.45, 2.75) is 27.3 Å². The Bertz CT molecular complexity index is 1640. The van der Waals surface area contributed by atoms with Gasteiger partial charge in [0.2, 0.25) is 5.91 Å². The first-order valence-electron chi connectivity index (χ1n) is 13.8. The molecule has 42 heavy (non-hydrogen) atoms. The van der Waals surface area contributed by atoms with Crippen LogP contribution in [-0.4, -0.2) is 89.8 Å². The summed E-state index contributed by atoms with van der Waals surface area (Å²) in [5.41, 5.74) is 0.105. The molecule has 224 valence electrons. The number of aryl methyl sites for hydroxylation is 2. The van der Waals surface area contributed by atoms with Crippen LogP contribution in [0.2, 0.25) is 5.02 Å². The number of nitrogens with zero attached hydrogens (tertiary/aromatic N) is 4. The fourth-order valence-electron chi connectivity index (χ4n) is 5.27. The first-order valence-corrected chi connectivity index (χ1v) is 14.1. The van der Waals surface area contributed by atoms with E-state index >= 15 is 0 Å². The minimum absolute atomic E-state index is 0.112. The Labute approximate surface area is 247 Å². The molecule has 2 heterocycles. The minimum Gasteiger partial charge on any atom is -0.462 e. The highest BCUT2D eigenvalue weighted by Gasteiger charge is 2.25. The second-order valence-corrected chi connectivity index (χ2v) is 10.4. The number of esters is 1. The van der Waals surface area contributed by atoms with Gasteiger partial charge in [-0.15, -0.1) is 0 Å². The quantitative estimate of drug-likeness (QED) is 0.377. The van der Waals surface area contributed by atoms with Crippen LogP contribution in [0.1, 0.15) is 28.4 Å². The van der Waals surface area contributed by atoms with Crippen molar-refractivity contribution in [1.29, 1.82) is 0 Å². The van der Waals surface area contributed by atoms with E-state index in [0.717, 1.165) is 4.57 Å². The first kappa shape index (κ1) is 30.8. The lowest BCUT2D eigenvalue weighted by Crippen LogP contribution is -2.52. The molecule has 3 aromatic rings. The monoisotopic (exact) mass is 598 g/mol. The second-order valence-electron chi connectivity index (χ2n) is 10.0. The highest BCUT2D eigenvalue weighted by molar-refractivity contribution is 6.32. The number of para-hydroxylation sites is 1. The van der Waals surface area contributed by atoms with Crippen LogP contribution in [0.15, 0.2) is 39.9 Å². The third kappa shape index (κ3) is 6.19. The second kappa shape index (κ2) is 13.2. The molecule has 13 heteroatoms. The fourth-order valence-corrected chi connectivity index (χ4v) is 5.49. The number of urea groups is 1. The van der Waals surface area contributed by atoms with Gasteiger partial charge >= 0.3 is 17.7 Å². The van der Waals surface area contributed by atoms with Gasteiger partial charge in [0.25, 0.3) is 5.56 Å². The molecule has 0 unspecified atom stereocenters. The molecule has 1 aliphatic heterocycles. The number of ether oxygens (including phenoxy) is 1. The van der Waals surface area contributed by atoms with E-state index in [1.54, 1.807) is 63.1 Å². The number of benzene rings is 2. The third-order valence-corrected chi connectivity index (χ3v) is 7.70. The Morgan fingerprint density at radius 1 is 1.05 bits per heavy atom. The minimum atomic E-state index is -0.733. The molecule has 4 rings (SSSR count). The Morgan fingerprint density at radius 2 is 1.74 bits per heavy atom. The topological polar surface area (TPSA) is 135 Å². The molecule has 1 aliphatic rings. The number of halogens is 1. The largest absolute Gasteiger partial charge is 0.462 e. The highest BCUT2D eigenvalue weighted by Crippen LogP contribution is 2.25. The van der Waals surface area contributed by atoms with Gasteiger partial charge in [-0.3, -0.25) is 19.1 Å². The number of piperazine rings is 1. The van der Waals surface area contributed by atoms with Crippen LogP contribution >= 0.6 is 11.6 Å². The van der Waals surface area contributed by atoms with E-state index < -0.39 is 23.1 Å². The van der Waals surface area contributed by atoms with Crippen molar-refractivity contribution >= 4 is 40.4 Å². The Hall–Kier alpha value is -4.16. The fraction of sp³-hybridized carbons (Fsp3) is 0.414. The van der Waals surface area contributed by atoms with E-state index in [-0.39, 0.29) is 46.4 Å². The predicted molar refractivity (Wildman–Crippen MR) is 160 cm³/mol. The van der Waals surface area contributed by atoms with Crippen molar-refractivity contribution in [2.24, 2.45) is 0 Å². The van der Waals surface area contributed by atoms with Gasteiger partial charge in [-0.2, -0.15) is 0 Å². The van der Waals surface area contributed by atoms with E-state index in [1.807, 2.05) is 0 Å². The molecule has 1 saturated heterocycles. The maximum Gasteiger partial charge on any atom is 0.338 e. The van der Waals surface area contributed by atoms with E-state index in [0.29, 0.717) is 50.4 Å². The zero-order valence-corrected chi connectivity index (χ0v) is 24.9. The van der Waals surface area contributed by atoms with Crippen molar-refractivity contribution in [3.63, 3.8) is 0 Å². The molecule has 2 N–H and O–H groups in total. The summed E-state index contributed by atoms with van der Waals surface area (Å²) in [6.45, 7) is 8.24. The van der Waals surface area contributed by atoms with E-state index in [9.17, 15) is 24.0 Å². The normalized spacial score (nSPS) is 13.7. The molecule has 1 aromatic heterocycles. The molecule has 0 atom stereocenters. The smallest absolute Gasteiger partial charge is 0.338 e. The number of amides is 3. The Morgan fingerprint density at radius 3 is 2.38 bits per heavy atom. The Kier molecular flexibility index (Phi) is 9.69. The zero-order valence-electron chi connectivity index (χ0n) is 24.2. The number of rotatable bonds is 8. The number of hydrogen-bond acceptors (Lipinski definition) is 7. The van der Waals surface area contributed by atoms with Gasteiger partial charge in [-0.25, -0.2) is 19.0 Å². The van der Waals surface area contributed by atoms with Crippen molar-refractivity contribution in [3.8, 4) is 5.69 Å². The molecule has 12 nitrogen and oxygen atoms in total. The van der Waals surface area contributed by atoms with Gasteiger partial charge < -0.3 is 20.3 Å². The summed E-state index contributed by atoms with van der Waals surface area (Å²) in [4.78, 5) is 69.2. The van der Waals surface area contributed by atoms with E-state index in [2.05, 4.69) is 15.5 Å². The summed E-state index contributed by atoms with van der Waals surface area (Å²) < 4.78 is 7.38. The van der Waals surface area contributed by atoms with Crippen molar-refractivity contribution in [2.75, 3.05) is 52.9 Å². The van der Waals surface area contributed by atoms with Crippen LogP contribution in [0, 0.1) is 13.8 Å². The van der Waals surface area contributed by atoms with Crippen LogP contribution in [0.25, 0.3) is 16.6 Å². The van der Waals surface area contributed by atoms with Gasteiger partial charge in [0.15, 0.2) is 0 Å². The number of carbonyl (C=O) groups is 3. The van der Waals surface area contributed by atoms with Gasteiger partial charge in [-0.1, -0.05) is 23.7 Å². The summed E-state index contributed by atoms with van der Waals surface area (Å²) >= 11 is 6.39. The lowest BCUT2D eigenvalue weighted by atomic mass is 9.98. The molecule has 3 amide bonds. The lowest BCUT2D eigenvalue weighted by molar-refractivity contribution is -0.121. The summed E-state index contributed by atoms with van der Waals surface area (Å²) in [6.07, 6.45) is 0. The van der Waals surface area contributed by atoms with Gasteiger partial charge in [0.05, 0.1) is 33.8 Å². The standard InChI is InChI=1S/C29H35ClN6O6/c1-5-42-27(39)24-18(2)16-22-25(19(24)3)26(38)36(21-9-7-6-8-20(21)30)29(41)35(22)17-23(37)32-10-11-33-12-14-34(15-13-33)28(40)31-4/h6-9,16H,5,10-15,17H2,1-4H3,(H,31,40)(H,32,37).